The van der Waals surface area contributed by atoms with Crippen molar-refractivity contribution in [3.05, 3.63) is 63.6 Å². The molecule has 0 aliphatic heterocycles. The number of carboxylic acid groups (broad SMARTS) is 1. The van der Waals surface area contributed by atoms with E-state index >= 15 is 0 Å². The van der Waals surface area contributed by atoms with Crippen molar-refractivity contribution in [1.82, 2.24) is 0 Å². The smallest absolute Gasteiger partial charge is 0.234 e. The maximum Gasteiger partial charge on any atom is 0.234 e. The topological polar surface area (TPSA) is 69.2 Å². The lowest BCUT2D eigenvalue weighted by atomic mass is 10.2. The van der Waals surface area contributed by atoms with Crippen molar-refractivity contribution < 1.29 is 14.7 Å². The molecule has 23 heavy (non-hydrogen) atoms. The van der Waals surface area contributed by atoms with E-state index in [-0.39, 0.29) is 22.9 Å². The zero-order valence-electron chi connectivity index (χ0n) is 11.8. The van der Waals surface area contributed by atoms with E-state index in [2.05, 4.69) is 5.32 Å². The first-order chi connectivity index (χ1) is 11.0. The number of anilines is 1. The zero-order chi connectivity index (χ0) is 16.8. The lowest BCUT2D eigenvalue weighted by molar-refractivity contribution is -0.254. The number of carboxylic acids is 1. The number of hydrogen-bond donors (Lipinski definition) is 1. The fourth-order valence-electron chi connectivity index (χ4n) is 1.85. The van der Waals surface area contributed by atoms with Gasteiger partial charge in [0.1, 0.15) is 0 Å². The monoisotopic (exact) mass is 368 g/mol. The van der Waals surface area contributed by atoms with Crippen molar-refractivity contribution in [3.8, 4) is 0 Å². The van der Waals surface area contributed by atoms with Crippen molar-refractivity contribution in [2.24, 2.45) is 0 Å². The zero-order valence-corrected chi connectivity index (χ0v) is 14.2. The summed E-state index contributed by atoms with van der Waals surface area (Å²) in [5, 5.41) is 14.5. The molecule has 0 aromatic heterocycles. The molecule has 2 aromatic rings. The summed E-state index contributed by atoms with van der Waals surface area (Å²) in [6, 6.07) is 11.5. The number of nitrogens with one attached hydrogen (secondary N) is 1. The lowest BCUT2D eigenvalue weighted by Gasteiger charge is -2.12. The highest BCUT2D eigenvalue weighted by Gasteiger charge is 2.09. The standard InChI is InChI=1S/C16H13Cl2NO3S/c17-11-5-6-12(16(21)22)14(7-11)19-15(20)9-23-8-10-3-1-2-4-13(10)18/h1-7H,8-9H2,(H,19,20)(H,21,22)/p-1. The van der Waals surface area contributed by atoms with Gasteiger partial charge in [-0.15, -0.1) is 11.8 Å². The Balaban J connectivity index is 1.94. The minimum atomic E-state index is -1.37. The quantitative estimate of drug-likeness (QED) is 0.849. The van der Waals surface area contributed by atoms with Crippen LogP contribution in [0.3, 0.4) is 0 Å². The van der Waals surface area contributed by atoms with Crippen molar-refractivity contribution in [2.75, 3.05) is 11.1 Å². The summed E-state index contributed by atoms with van der Waals surface area (Å²) in [4.78, 5) is 23.0. The maximum absolute atomic E-state index is 12.0. The normalized spacial score (nSPS) is 10.3. The first-order valence-corrected chi connectivity index (χ1v) is 8.50. The Labute approximate surface area is 147 Å². The van der Waals surface area contributed by atoms with Gasteiger partial charge in [0.2, 0.25) is 5.91 Å². The number of benzene rings is 2. The van der Waals surface area contributed by atoms with Crippen LogP contribution >= 0.6 is 35.0 Å². The van der Waals surface area contributed by atoms with Gasteiger partial charge in [0, 0.05) is 21.4 Å². The van der Waals surface area contributed by atoms with Crippen LogP contribution in [0, 0.1) is 0 Å². The van der Waals surface area contributed by atoms with E-state index in [9.17, 15) is 14.7 Å². The number of amides is 1. The molecule has 0 saturated carbocycles. The molecule has 0 heterocycles. The molecular weight excluding hydrogens is 357 g/mol. The molecule has 0 radical (unpaired) electrons. The third kappa shape index (κ3) is 5.16. The largest absolute Gasteiger partial charge is 0.545 e. The first-order valence-electron chi connectivity index (χ1n) is 6.59. The molecule has 2 rings (SSSR count). The van der Waals surface area contributed by atoms with Gasteiger partial charge in [-0.1, -0.05) is 41.4 Å². The van der Waals surface area contributed by atoms with Crippen LogP contribution in [-0.4, -0.2) is 17.6 Å². The number of carbonyl (C=O) groups is 2. The van der Waals surface area contributed by atoms with Gasteiger partial charge in [0.15, 0.2) is 0 Å². The van der Waals surface area contributed by atoms with Crippen LogP contribution in [0.5, 0.6) is 0 Å². The van der Waals surface area contributed by atoms with Gasteiger partial charge in [-0.2, -0.15) is 0 Å². The maximum atomic E-state index is 12.0. The Kier molecular flexibility index (Phi) is 6.33. The molecule has 0 atom stereocenters. The average Bonchev–Trinajstić information content (AvgIpc) is 2.49. The molecule has 0 bridgehead atoms. The second kappa shape index (κ2) is 8.24. The average molecular weight is 369 g/mol. The molecular formula is C16H12Cl2NO3S-. The van der Waals surface area contributed by atoms with Crippen LogP contribution in [0.1, 0.15) is 15.9 Å². The van der Waals surface area contributed by atoms with Crippen molar-refractivity contribution in [2.45, 2.75) is 5.75 Å². The molecule has 1 amide bonds. The highest BCUT2D eigenvalue weighted by Crippen LogP contribution is 2.23. The highest BCUT2D eigenvalue weighted by atomic mass is 35.5. The molecule has 4 nitrogen and oxygen atoms in total. The van der Waals surface area contributed by atoms with Gasteiger partial charge in [0.05, 0.1) is 17.4 Å². The Morgan fingerprint density at radius 1 is 1.13 bits per heavy atom. The lowest BCUT2D eigenvalue weighted by Crippen LogP contribution is -2.25. The number of halogens is 2. The molecule has 2 aromatic carbocycles. The molecule has 0 unspecified atom stereocenters. The predicted octanol–water partition coefficient (Wildman–Crippen LogP) is 3.23. The molecule has 0 aliphatic carbocycles. The van der Waals surface area contributed by atoms with Gasteiger partial charge in [-0.25, -0.2) is 0 Å². The third-order valence-corrected chi connectivity index (χ3v) is 4.51. The van der Waals surface area contributed by atoms with Crippen LogP contribution in [-0.2, 0) is 10.5 Å². The van der Waals surface area contributed by atoms with Crippen molar-refractivity contribution >= 4 is 52.5 Å². The fraction of sp³-hybridized carbons (Fsp3) is 0.125. The Bertz CT molecular complexity index is 737. The summed E-state index contributed by atoms with van der Waals surface area (Å²) >= 11 is 13.2. The summed E-state index contributed by atoms with van der Waals surface area (Å²) in [7, 11) is 0. The summed E-state index contributed by atoms with van der Waals surface area (Å²) in [5.41, 5.74) is 0.949. The molecule has 120 valence electrons. The number of thioether (sulfide) groups is 1. The van der Waals surface area contributed by atoms with E-state index in [1.54, 1.807) is 6.07 Å². The van der Waals surface area contributed by atoms with Gasteiger partial charge >= 0.3 is 0 Å². The predicted molar refractivity (Wildman–Crippen MR) is 92.0 cm³/mol. The minimum Gasteiger partial charge on any atom is -0.545 e. The summed E-state index contributed by atoms with van der Waals surface area (Å²) in [6.07, 6.45) is 0. The SMILES string of the molecule is O=C(CSCc1ccccc1Cl)Nc1cc(Cl)ccc1C(=O)[O-]. The minimum absolute atomic E-state index is 0.112. The molecule has 7 heteroatoms. The number of rotatable bonds is 6. The molecule has 0 saturated heterocycles. The van der Waals surface area contributed by atoms with Crippen LogP contribution in [0.15, 0.2) is 42.5 Å². The summed E-state index contributed by atoms with van der Waals surface area (Å²) < 4.78 is 0. The van der Waals surface area contributed by atoms with E-state index in [1.165, 1.54) is 30.0 Å². The van der Waals surface area contributed by atoms with Crippen molar-refractivity contribution in [3.63, 3.8) is 0 Å². The van der Waals surface area contributed by atoms with Crippen LogP contribution in [0.4, 0.5) is 5.69 Å². The number of aromatic carboxylic acids is 1. The molecule has 1 N–H and O–H groups in total. The molecule has 0 spiro atoms. The van der Waals surface area contributed by atoms with Crippen LogP contribution in [0.25, 0.3) is 0 Å². The number of carbonyl (C=O) groups excluding carboxylic acids is 2. The molecule has 0 aliphatic rings. The molecule has 0 fully saturated rings. The van der Waals surface area contributed by atoms with Crippen LogP contribution < -0.4 is 10.4 Å². The van der Waals surface area contributed by atoms with E-state index in [4.69, 9.17) is 23.2 Å². The Morgan fingerprint density at radius 3 is 2.57 bits per heavy atom. The van der Waals surface area contributed by atoms with E-state index < -0.39 is 5.97 Å². The van der Waals surface area contributed by atoms with Crippen LogP contribution in [0.2, 0.25) is 10.0 Å². The Morgan fingerprint density at radius 2 is 1.87 bits per heavy atom. The second-order valence-corrected chi connectivity index (χ2v) is 6.44. The van der Waals surface area contributed by atoms with Gasteiger partial charge in [0.25, 0.3) is 0 Å². The van der Waals surface area contributed by atoms with E-state index in [0.29, 0.717) is 15.8 Å². The third-order valence-electron chi connectivity index (χ3n) is 2.92. The first kappa shape index (κ1) is 17.7. The summed E-state index contributed by atoms with van der Waals surface area (Å²) in [5.74, 6) is -0.965. The van der Waals surface area contributed by atoms with Crippen molar-refractivity contribution in [1.29, 1.82) is 0 Å². The Hall–Kier alpha value is -1.69. The van der Waals surface area contributed by atoms with E-state index in [1.807, 2.05) is 18.2 Å². The summed E-state index contributed by atoms with van der Waals surface area (Å²) in [6.45, 7) is 0. The second-order valence-electron chi connectivity index (χ2n) is 4.61. The van der Waals surface area contributed by atoms with Gasteiger partial charge in [-0.05, 0) is 29.8 Å². The van der Waals surface area contributed by atoms with Gasteiger partial charge in [-0.3, -0.25) is 4.79 Å². The van der Waals surface area contributed by atoms with Gasteiger partial charge < -0.3 is 15.2 Å². The number of hydrogen-bond acceptors (Lipinski definition) is 4. The van der Waals surface area contributed by atoms with E-state index in [0.717, 1.165) is 5.56 Å². The highest BCUT2D eigenvalue weighted by molar-refractivity contribution is 7.99. The fourth-order valence-corrected chi connectivity index (χ4v) is 3.14.